The Balaban J connectivity index is 1.88. The number of nitrogens with zero attached hydrogens (tertiary/aromatic N) is 1. The summed E-state index contributed by atoms with van der Waals surface area (Å²) < 4.78 is 5.29. The van der Waals surface area contributed by atoms with E-state index in [2.05, 4.69) is 35.4 Å². The molecule has 0 unspecified atom stereocenters. The van der Waals surface area contributed by atoms with Gasteiger partial charge in [-0.15, -0.1) is 0 Å². The Kier molecular flexibility index (Phi) is 5.32. The lowest BCUT2D eigenvalue weighted by molar-refractivity contribution is 0.0953. The first-order chi connectivity index (χ1) is 10.2. The quantitative estimate of drug-likeness (QED) is 0.887. The number of carbonyl (C=O) groups is 1. The molecule has 0 radical (unpaired) electrons. The molecular weight excluding hydrogens is 264 g/mol. The fourth-order valence-electron chi connectivity index (χ4n) is 2.07. The molecule has 1 aromatic carbocycles. The lowest BCUT2D eigenvalue weighted by Gasteiger charge is -2.07. The van der Waals surface area contributed by atoms with Gasteiger partial charge < -0.3 is 10.1 Å². The maximum absolute atomic E-state index is 12.1. The van der Waals surface area contributed by atoms with E-state index in [0.717, 1.165) is 6.42 Å². The van der Waals surface area contributed by atoms with E-state index >= 15 is 0 Å². The Morgan fingerprint density at radius 1 is 1.29 bits per heavy atom. The van der Waals surface area contributed by atoms with Crippen LogP contribution >= 0.6 is 0 Å². The standard InChI is InChI=1S/C17H20N2O2/c1-3-21-16-12-15(8-10-18-16)17(20)19-9-7-14-6-4-5-13(2)11-14/h4-6,8,10-12H,3,7,9H2,1-2H3,(H,19,20). The summed E-state index contributed by atoms with van der Waals surface area (Å²) in [4.78, 5) is 16.1. The summed E-state index contributed by atoms with van der Waals surface area (Å²) in [5.41, 5.74) is 3.02. The van der Waals surface area contributed by atoms with Gasteiger partial charge in [-0.2, -0.15) is 0 Å². The summed E-state index contributed by atoms with van der Waals surface area (Å²) in [7, 11) is 0. The zero-order valence-electron chi connectivity index (χ0n) is 12.4. The topological polar surface area (TPSA) is 51.2 Å². The van der Waals surface area contributed by atoms with Crippen LogP contribution in [0.3, 0.4) is 0 Å². The highest BCUT2D eigenvalue weighted by atomic mass is 16.5. The van der Waals surface area contributed by atoms with E-state index in [-0.39, 0.29) is 5.91 Å². The van der Waals surface area contributed by atoms with Crippen LogP contribution in [0.25, 0.3) is 0 Å². The van der Waals surface area contributed by atoms with Crippen molar-refractivity contribution in [2.24, 2.45) is 0 Å². The van der Waals surface area contributed by atoms with Crippen LogP contribution < -0.4 is 10.1 Å². The zero-order valence-corrected chi connectivity index (χ0v) is 12.4. The van der Waals surface area contributed by atoms with Gasteiger partial charge in [-0.05, 0) is 31.9 Å². The molecule has 2 rings (SSSR count). The Morgan fingerprint density at radius 3 is 2.90 bits per heavy atom. The minimum atomic E-state index is -0.106. The SMILES string of the molecule is CCOc1cc(C(=O)NCCc2cccc(C)c2)ccn1. The number of aryl methyl sites for hydroxylation is 1. The van der Waals surface area contributed by atoms with E-state index in [1.54, 1.807) is 18.3 Å². The normalized spacial score (nSPS) is 10.2. The number of benzene rings is 1. The molecule has 21 heavy (non-hydrogen) atoms. The van der Waals surface area contributed by atoms with Crippen molar-refractivity contribution in [3.8, 4) is 5.88 Å². The molecule has 0 fully saturated rings. The number of rotatable bonds is 6. The van der Waals surface area contributed by atoms with Crippen LogP contribution in [0, 0.1) is 6.92 Å². The van der Waals surface area contributed by atoms with Crippen LogP contribution in [0.1, 0.15) is 28.4 Å². The first kappa shape index (κ1) is 15.0. The number of ether oxygens (including phenoxy) is 1. The molecule has 0 bridgehead atoms. The monoisotopic (exact) mass is 284 g/mol. The molecule has 2 aromatic rings. The maximum Gasteiger partial charge on any atom is 0.251 e. The number of carbonyl (C=O) groups excluding carboxylic acids is 1. The Bertz CT molecular complexity index is 611. The molecule has 0 aliphatic carbocycles. The van der Waals surface area contributed by atoms with Gasteiger partial charge in [0.2, 0.25) is 5.88 Å². The highest BCUT2D eigenvalue weighted by Crippen LogP contribution is 2.09. The van der Waals surface area contributed by atoms with E-state index in [1.165, 1.54) is 11.1 Å². The van der Waals surface area contributed by atoms with Gasteiger partial charge >= 0.3 is 0 Å². The third-order valence-corrected chi connectivity index (χ3v) is 3.07. The molecule has 0 atom stereocenters. The maximum atomic E-state index is 12.1. The summed E-state index contributed by atoms with van der Waals surface area (Å²) >= 11 is 0. The lowest BCUT2D eigenvalue weighted by Crippen LogP contribution is -2.25. The van der Waals surface area contributed by atoms with Crippen LogP contribution in [-0.4, -0.2) is 24.0 Å². The van der Waals surface area contributed by atoms with Crippen LogP contribution in [0.2, 0.25) is 0 Å². The third-order valence-electron chi connectivity index (χ3n) is 3.07. The van der Waals surface area contributed by atoms with Crippen molar-refractivity contribution in [3.63, 3.8) is 0 Å². The average molecular weight is 284 g/mol. The van der Waals surface area contributed by atoms with Gasteiger partial charge in [-0.25, -0.2) is 4.98 Å². The second-order valence-corrected chi connectivity index (χ2v) is 4.81. The van der Waals surface area contributed by atoms with Crippen molar-refractivity contribution < 1.29 is 9.53 Å². The number of pyridine rings is 1. The lowest BCUT2D eigenvalue weighted by atomic mass is 10.1. The Morgan fingerprint density at radius 2 is 2.14 bits per heavy atom. The first-order valence-corrected chi connectivity index (χ1v) is 7.11. The predicted molar refractivity (Wildman–Crippen MR) is 82.6 cm³/mol. The van der Waals surface area contributed by atoms with Gasteiger partial charge in [0.05, 0.1) is 6.61 Å². The molecule has 0 saturated heterocycles. The van der Waals surface area contributed by atoms with Crippen molar-refractivity contribution in [2.75, 3.05) is 13.2 Å². The van der Waals surface area contributed by atoms with Gasteiger partial charge in [0, 0.05) is 24.4 Å². The van der Waals surface area contributed by atoms with Crippen molar-refractivity contribution >= 4 is 5.91 Å². The summed E-state index contributed by atoms with van der Waals surface area (Å²) in [5, 5.41) is 2.91. The number of aromatic nitrogens is 1. The molecule has 4 heteroatoms. The second-order valence-electron chi connectivity index (χ2n) is 4.81. The Hall–Kier alpha value is -2.36. The first-order valence-electron chi connectivity index (χ1n) is 7.11. The van der Waals surface area contributed by atoms with Gasteiger partial charge in [0.25, 0.3) is 5.91 Å². The van der Waals surface area contributed by atoms with Gasteiger partial charge in [0.1, 0.15) is 0 Å². The van der Waals surface area contributed by atoms with Crippen molar-refractivity contribution in [1.82, 2.24) is 10.3 Å². The third kappa shape index (κ3) is 4.60. The fraction of sp³-hybridized carbons (Fsp3) is 0.294. The molecule has 1 heterocycles. The molecule has 1 amide bonds. The molecule has 0 aliphatic rings. The number of amides is 1. The van der Waals surface area contributed by atoms with Gasteiger partial charge in [0.15, 0.2) is 0 Å². The number of hydrogen-bond donors (Lipinski definition) is 1. The van der Waals surface area contributed by atoms with E-state index in [0.29, 0.717) is 24.6 Å². The summed E-state index contributed by atoms with van der Waals surface area (Å²) in [6, 6.07) is 11.6. The minimum Gasteiger partial charge on any atom is -0.478 e. The number of nitrogens with one attached hydrogen (secondary N) is 1. The van der Waals surface area contributed by atoms with Gasteiger partial charge in [-0.1, -0.05) is 29.8 Å². The van der Waals surface area contributed by atoms with E-state index in [9.17, 15) is 4.79 Å². The van der Waals surface area contributed by atoms with Crippen LogP contribution in [0.15, 0.2) is 42.6 Å². The van der Waals surface area contributed by atoms with E-state index in [4.69, 9.17) is 4.74 Å². The summed E-state index contributed by atoms with van der Waals surface area (Å²) in [5.74, 6) is 0.370. The average Bonchev–Trinajstić information content (AvgIpc) is 2.48. The summed E-state index contributed by atoms with van der Waals surface area (Å²) in [6.07, 6.45) is 2.40. The van der Waals surface area contributed by atoms with Crippen LogP contribution in [-0.2, 0) is 6.42 Å². The number of hydrogen-bond acceptors (Lipinski definition) is 3. The molecule has 4 nitrogen and oxygen atoms in total. The molecule has 1 aromatic heterocycles. The second kappa shape index (κ2) is 7.43. The van der Waals surface area contributed by atoms with E-state index < -0.39 is 0 Å². The fourth-order valence-corrected chi connectivity index (χ4v) is 2.07. The van der Waals surface area contributed by atoms with Crippen molar-refractivity contribution in [2.45, 2.75) is 20.3 Å². The van der Waals surface area contributed by atoms with Crippen LogP contribution in [0.4, 0.5) is 0 Å². The van der Waals surface area contributed by atoms with E-state index in [1.807, 2.05) is 13.0 Å². The molecule has 1 N–H and O–H groups in total. The highest BCUT2D eigenvalue weighted by molar-refractivity contribution is 5.94. The van der Waals surface area contributed by atoms with Crippen molar-refractivity contribution in [1.29, 1.82) is 0 Å². The minimum absolute atomic E-state index is 0.106. The smallest absolute Gasteiger partial charge is 0.251 e. The molecule has 110 valence electrons. The van der Waals surface area contributed by atoms with Gasteiger partial charge in [-0.3, -0.25) is 4.79 Å². The van der Waals surface area contributed by atoms with Crippen molar-refractivity contribution in [3.05, 3.63) is 59.3 Å². The Labute approximate surface area is 125 Å². The van der Waals surface area contributed by atoms with Crippen LogP contribution in [0.5, 0.6) is 5.88 Å². The summed E-state index contributed by atoms with van der Waals surface area (Å²) in [6.45, 7) is 5.09. The highest BCUT2D eigenvalue weighted by Gasteiger charge is 2.06. The molecule has 0 spiro atoms. The zero-order chi connectivity index (χ0) is 15.1. The molecule has 0 saturated carbocycles. The predicted octanol–water partition coefficient (Wildman–Crippen LogP) is 2.76. The molecular formula is C17H20N2O2. The largest absolute Gasteiger partial charge is 0.478 e. The molecule has 0 aliphatic heterocycles.